The van der Waals surface area contributed by atoms with Gasteiger partial charge >= 0.3 is 5.97 Å². The molecular formula is C16H25NO2. The lowest BCUT2D eigenvalue weighted by Crippen LogP contribution is -2.50. The number of hydrogen-bond acceptors (Lipinski definition) is 2. The van der Waals surface area contributed by atoms with Crippen LogP contribution in [0.4, 0.5) is 0 Å². The van der Waals surface area contributed by atoms with Crippen LogP contribution in [0.2, 0.25) is 0 Å². The lowest BCUT2D eigenvalue weighted by atomic mass is 9.49. The van der Waals surface area contributed by atoms with Crippen LogP contribution in [0.1, 0.15) is 39.5 Å². The quantitative estimate of drug-likeness (QED) is 0.796. The molecule has 1 N–H and O–H groups in total. The van der Waals surface area contributed by atoms with E-state index in [0.717, 1.165) is 44.3 Å². The van der Waals surface area contributed by atoms with Gasteiger partial charge in [-0.15, -0.1) is 0 Å². The van der Waals surface area contributed by atoms with E-state index in [9.17, 15) is 4.79 Å². The third kappa shape index (κ3) is 2.22. The number of piperidine rings is 1. The Labute approximate surface area is 115 Å². The molecule has 4 rings (SSSR count). The molecule has 3 heteroatoms. The maximum absolute atomic E-state index is 11.0. The van der Waals surface area contributed by atoms with Crippen LogP contribution in [0.25, 0.3) is 0 Å². The largest absolute Gasteiger partial charge is 0.481 e. The molecule has 0 aromatic rings. The summed E-state index contributed by atoms with van der Waals surface area (Å²) in [6.07, 6.45) is 6.74. The van der Waals surface area contributed by atoms with Gasteiger partial charge in [0.2, 0.25) is 0 Å². The fourth-order valence-corrected chi connectivity index (χ4v) is 4.25. The summed E-state index contributed by atoms with van der Waals surface area (Å²) >= 11 is 0. The van der Waals surface area contributed by atoms with Crippen molar-refractivity contribution < 1.29 is 9.90 Å². The van der Waals surface area contributed by atoms with Crippen molar-refractivity contribution >= 4 is 5.97 Å². The van der Waals surface area contributed by atoms with Crippen molar-refractivity contribution in [3.8, 4) is 0 Å². The second-order valence-corrected chi connectivity index (χ2v) is 7.21. The summed E-state index contributed by atoms with van der Waals surface area (Å²) in [5, 5.41) is 9.03. The van der Waals surface area contributed by atoms with Crippen molar-refractivity contribution in [3.63, 3.8) is 0 Å². The maximum Gasteiger partial charge on any atom is 0.306 e. The van der Waals surface area contributed by atoms with Crippen LogP contribution in [0.15, 0.2) is 11.6 Å². The van der Waals surface area contributed by atoms with Crippen molar-refractivity contribution in [1.29, 1.82) is 0 Å². The zero-order chi connectivity index (χ0) is 13.6. The zero-order valence-electron chi connectivity index (χ0n) is 12.1. The third-order valence-corrected chi connectivity index (χ3v) is 5.93. The lowest BCUT2D eigenvalue weighted by Gasteiger charge is -2.57. The molecule has 0 aromatic heterocycles. The molecule has 106 valence electrons. The number of likely N-dealkylation sites (tertiary alicyclic amines) is 1. The molecule has 1 saturated heterocycles. The molecule has 2 bridgehead atoms. The molecular weight excluding hydrogens is 238 g/mol. The molecule has 0 spiro atoms. The molecule has 1 aliphatic heterocycles. The highest BCUT2D eigenvalue weighted by Crippen LogP contribution is 2.59. The van der Waals surface area contributed by atoms with Gasteiger partial charge in [-0.05, 0) is 56.0 Å². The van der Waals surface area contributed by atoms with Crippen LogP contribution in [-0.2, 0) is 4.79 Å². The molecule has 3 nitrogen and oxygen atoms in total. The molecule has 0 aromatic carbocycles. The predicted molar refractivity (Wildman–Crippen MR) is 74.9 cm³/mol. The summed E-state index contributed by atoms with van der Waals surface area (Å²) in [4.78, 5) is 13.4. The smallest absolute Gasteiger partial charge is 0.306 e. The number of carbonyl (C=O) groups is 1. The Kier molecular flexibility index (Phi) is 3.20. The Hall–Kier alpha value is -0.830. The first-order valence-electron chi connectivity index (χ1n) is 7.62. The Bertz CT molecular complexity index is 405. The Balaban J connectivity index is 1.56. The van der Waals surface area contributed by atoms with E-state index in [1.165, 1.54) is 12.8 Å². The minimum atomic E-state index is -0.612. The number of rotatable bonds is 3. The van der Waals surface area contributed by atoms with Crippen LogP contribution in [-0.4, -0.2) is 35.6 Å². The average Bonchev–Trinajstić information content (AvgIpc) is 2.39. The van der Waals surface area contributed by atoms with Crippen molar-refractivity contribution in [1.82, 2.24) is 4.90 Å². The molecule has 0 amide bonds. The number of fused-ring (bicyclic) bond motifs is 1. The summed E-state index contributed by atoms with van der Waals surface area (Å²) in [6.45, 7) is 7.80. The Morgan fingerprint density at radius 2 is 2.11 bits per heavy atom. The van der Waals surface area contributed by atoms with Gasteiger partial charge in [0.25, 0.3) is 0 Å². The monoisotopic (exact) mass is 263 g/mol. The van der Waals surface area contributed by atoms with Crippen LogP contribution in [0.5, 0.6) is 0 Å². The first-order valence-corrected chi connectivity index (χ1v) is 7.62. The van der Waals surface area contributed by atoms with E-state index in [-0.39, 0.29) is 5.92 Å². The normalized spacial score (nSPS) is 34.5. The topological polar surface area (TPSA) is 40.5 Å². The number of nitrogens with zero attached hydrogens (tertiary/aromatic N) is 1. The highest BCUT2D eigenvalue weighted by atomic mass is 16.4. The summed E-state index contributed by atoms with van der Waals surface area (Å²) in [5.74, 6) is 0.961. The number of carboxylic acids is 1. The summed E-state index contributed by atoms with van der Waals surface area (Å²) in [5.41, 5.74) is 2.13. The molecule has 1 saturated carbocycles. The standard InChI is InChI=1S/C16H25NO2/c1-16(2)13-4-3-12(14(16)9-13)10-17-7-5-11(6-8-17)15(18)19/h3,11,13-14H,4-10H2,1-2H3,(H,18,19)/t13-,14-/m1/s1. The molecule has 3 aliphatic carbocycles. The van der Waals surface area contributed by atoms with Crippen LogP contribution in [0, 0.1) is 23.2 Å². The summed E-state index contributed by atoms with van der Waals surface area (Å²) < 4.78 is 0. The van der Waals surface area contributed by atoms with Gasteiger partial charge in [0, 0.05) is 6.54 Å². The highest BCUT2D eigenvalue weighted by Gasteiger charge is 2.51. The zero-order valence-corrected chi connectivity index (χ0v) is 12.1. The van der Waals surface area contributed by atoms with Gasteiger partial charge in [0.1, 0.15) is 0 Å². The van der Waals surface area contributed by atoms with Crippen molar-refractivity contribution in [3.05, 3.63) is 11.6 Å². The van der Waals surface area contributed by atoms with Crippen molar-refractivity contribution in [2.75, 3.05) is 19.6 Å². The van der Waals surface area contributed by atoms with Crippen molar-refractivity contribution in [2.45, 2.75) is 39.5 Å². The first-order chi connectivity index (χ1) is 8.98. The second kappa shape index (κ2) is 4.62. The maximum atomic E-state index is 11.0. The minimum absolute atomic E-state index is 0.110. The molecule has 19 heavy (non-hydrogen) atoms. The van der Waals surface area contributed by atoms with Crippen molar-refractivity contribution in [2.24, 2.45) is 23.2 Å². The van der Waals surface area contributed by atoms with Crippen LogP contribution < -0.4 is 0 Å². The molecule has 1 heterocycles. The molecule has 0 radical (unpaired) electrons. The van der Waals surface area contributed by atoms with E-state index in [1.54, 1.807) is 5.57 Å². The van der Waals surface area contributed by atoms with Gasteiger partial charge in [-0.2, -0.15) is 0 Å². The first kappa shape index (κ1) is 13.2. The van der Waals surface area contributed by atoms with E-state index < -0.39 is 5.97 Å². The van der Waals surface area contributed by atoms with Crippen LogP contribution >= 0.6 is 0 Å². The van der Waals surface area contributed by atoms with Gasteiger partial charge in [-0.1, -0.05) is 25.5 Å². The number of hydrogen-bond donors (Lipinski definition) is 1. The highest BCUT2D eigenvalue weighted by molar-refractivity contribution is 5.70. The summed E-state index contributed by atoms with van der Waals surface area (Å²) in [7, 11) is 0. The van der Waals surface area contributed by atoms with E-state index >= 15 is 0 Å². The van der Waals surface area contributed by atoms with E-state index in [0.29, 0.717) is 5.41 Å². The fraction of sp³-hybridized carbons (Fsp3) is 0.812. The van der Waals surface area contributed by atoms with Gasteiger partial charge in [-0.25, -0.2) is 0 Å². The number of aliphatic carboxylic acids is 1. The average molecular weight is 263 g/mol. The van der Waals surface area contributed by atoms with Gasteiger partial charge in [0.15, 0.2) is 0 Å². The summed E-state index contributed by atoms with van der Waals surface area (Å²) in [6, 6.07) is 0. The lowest BCUT2D eigenvalue weighted by molar-refractivity contribution is -0.143. The number of allylic oxidation sites excluding steroid dienone is 1. The SMILES string of the molecule is CC1(C)[C@@H]2CC=C(CN3CCC(C(=O)O)CC3)[C@H]1C2. The Morgan fingerprint density at radius 1 is 1.42 bits per heavy atom. The van der Waals surface area contributed by atoms with E-state index in [2.05, 4.69) is 24.8 Å². The fourth-order valence-electron chi connectivity index (χ4n) is 4.25. The van der Waals surface area contributed by atoms with Crippen LogP contribution in [0.3, 0.4) is 0 Å². The third-order valence-electron chi connectivity index (χ3n) is 5.93. The molecule has 2 fully saturated rings. The molecule has 2 atom stereocenters. The predicted octanol–water partition coefficient (Wildman–Crippen LogP) is 2.78. The number of carboxylic acid groups (broad SMARTS) is 1. The minimum Gasteiger partial charge on any atom is -0.481 e. The van der Waals surface area contributed by atoms with E-state index in [4.69, 9.17) is 5.11 Å². The van der Waals surface area contributed by atoms with Gasteiger partial charge < -0.3 is 5.11 Å². The molecule has 4 aliphatic rings. The van der Waals surface area contributed by atoms with E-state index in [1.807, 2.05) is 0 Å². The Morgan fingerprint density at radius 3 is 2.63 bits per heavy atom. The second-order valence-electron chi connectivity index (χ2n) is 7.21. The van der Waals surface area contributed by atoms with Gasteiger partial charge in [-0.3, -0.25) is 9.69 Å². The van der Waals surface area contributed by atoms with Gasteiger partial charge in [0.05, 0.1) is 5.92 Å². The molecule has 0 unspecified atom stereocenters.